The van der Waals surface area contributed by atoms with Crippen molar-refractivity contribution in [2.45, 2.75) is 37.5 Å². The number of para-hydroxylation sites is 1. The average Bonchev–Trinajstić information content (AvgIpc) is 2.89. The van der Waals surface area contributed by atoms with E-state index in [2.05, 4.69) is 11.1 Å². The molecule has 3 nitrogen and oxygen atoms in total. The van der Waals surface area contributed by atoms with Gasteiger partial charge in [-0.2, -0.15) is 0 Å². The number of methoxy groups -OCH3 is 1. The standard InChI is InChI=1S/C14H20N2OS/c1-17-13-9-5-2-6-11(13)10-18-14(15)16-12-7-3-4-8-12/h2,5-6,9,12H,3-4,7-8,10H2,1H3,(H2,15,16). The quantitative estimate of drug-likeness (QED) is 0.671. The van der Waals surface area contributed by atoms with E-state index < -0.39 is 0 Å². The molecule has 2 rings (SSSR count). The third kappa shape index (κ3) is 3.67. The lowest BCUT2D eigenvalue weighted by Gasteiger charge is -2.08. The Hall–Kier alpha value is -1.16. The monoisotopic (exact) mass is 264 g/mol. The van der Waals surface area contributed by atoms with Crippen molar-refractivity contribution in [2.24, 2.45) is 10.7 Å². The molecular formula is C14H20N2OS. The molecule has 1 aliphatic carbocycles. The highest BCUT2D eigenvalue weighted by Crippen LogP contribution is 2.25. The fraction of sp³-hybridized carbons (Fsp3) is 0.500. The largest absolute Gasteiger partial charge is 0.496 e. The third-order valence-corrected chi connectivity index (χ3v) is 4.06. The maximum absolute atomic E-state index is 5.97. The zero-order valence-corrected chi connectivity index (χ0v) is 11.6. The van der Waals surface area contributed by atoms with E-state index in [1.807, 2.05) is 18.2 Å². The van der Waals surface area contributed by atoms with Crippen LogP contribution >= 0.6 is 11.8 Å². The van der Waals surface area contributed by atoms with Crippen LogP contribution in [0.4, 0.5) is 0 Å². The zero-order chi connectivity index (χ0) is 12.8. The van der Waals surface area contributed by atoms with Crippen LogP contribution in [0.5, 0.6) is 5.75 Å². The van der Waals surface area contributed by atoms with Crippen LogP contribution in [0.15, 0.2) is 29.3 Å². The molecule has 0 radical (unpaired) electrons. The van der Waals surface area contributed by atoms with Crippen molar-refractivity contribution >= 4 is 16.9 Å². The molecule has 0 atom stereocenters. The average molecular weight is 264 g/mol. The fourth-order valence-electron chi connectivity index (χ4n) is 2.22. The summed E-state index contributed by atoms with van der Waals surface area (Å²) >= 11 is 1.59. The minimum Gasteiger partial charge on any atom is -0.496 e. The van der Waals surface area contributed by atoms with E-state index in [1.54, 1.807) is 18.9 Å². The van der Waals surface area contributed by atoms with Crippen molar-refractivity contribution in [1.82, 2.24) is 0 Å². The molecule has 18 heavy (non-hydrogen) atoms. The Morgan fingerprint density at radius 1 is 1.39 bits per heavy atom. The van der Waals surface area contributed by atoms with Gasteiger partial charge in [-0.05, 0) is 18.9 Å². The maximum Gasteiger partial charge on any atom is 0.154 e. The molecule has 1 fully saturated rings. The van der Waals surface area contributed by atoms with Gasteiger partial charge in [0.25, 0.3) is 0 Å². The van der Waals surface area contributed by atoms with Crippen LogP contribution in [0.2, 0.25) is 0 Å². The lowest BCUT2D eigenvalue weighted by molar-refractivity contribution is 0.411. The van der Waals surface area contributed by atoms with Crippen LogP contribution in [0.3, 0.4) is 0 Å². The van der Waals surface area contributed by atoms with E-state index in [1.165, 1.54) is 25.7 Å². The topological polar surface area (TPSA) is 47.6 Å². The van der Waals surface area contributed by atoms with Gasteiger partial charge in [-0.1, -0.05) is 42.8 Å². The van der Waals surface area contributed by atoms with Crippen LogP contribution < -0.4 is 10.5 Å². The summed E-state index contributed by atoms with van der Waals surface area (Å²) in [4.78, 5) is 4.56. The first-order valence-corrected chi connectivity index (χ1v) is 7.36. The van der Waals surface area contributed by atoms with Gasteiger partial charge < -0.3 is 10.5 Å². The van der Waals surface area contributed by atoms with E-state index in [4.69, 9.17) is 10.5 Å². The van der Waals surface area contributed by atoms with Crippen molar-refractivity contribution in [3.8, 4) is 5.75 Å². The lowest BCUT2D eigenvalue weighted by Crippen LogP contribution is -2.11. The van der Waals surface area contributed by atoms with E-state index >= 15 is 0 Å². The molecule has 4 heteroatoms. The molecule has 2 N–H and O–H groups in total. The summed E-state index contributed by atoms with van der Waals surface area (Å²) < 4.78 is 5.32. The molecule has 1 aliphatic rings. The van der Waals surface area contributed by atoms with Gasteiger partial charge in [0.05, 0.1) is 13.2 Å². The lowest BCUT2D eigenvalue weighted by atomic mass is 10.2. The Kier molecular flexibility index (Phi) is 4.93. The number of thioether (sulfide) groups is 1. The van der Waals surface area contributed by atoms with Gasteiger partial charge in [-0.15, -0.1) is 0 Å². The Morgan fingerprint density at radius 3 is 2.83 bits per heavy atom. The number of nitrogens with two attached hydrogens (primary N) is 1. The Morgan fingerprint density at radius 2 is 2.11 bits per heavy atom. The molecule has 0 saturated heterocycles. The van der Waals surface area contributed by atoms with Gasteiger partial charge in [-0.3, -0.25) is 4.99 Å². The van der Waals surface area contributed by atoms with Crippen LogP contribution in [-0.2, 0) is 5.75 Å². The van der Waals surface area contributed by atoms with Gasteiger partial charge in [0.15, 0.2) is 5.17 Å². The van der Waals surface area contributed by atoms with Gasteiger partial charge in [0, 0.05) is 11.3 Å². The molecule has 0 bridgehead atoms. The number of aliphatic imine (C=N–C) groups is 1. The SMILES string of the molecule is COc1ccccc1CSC(N)=NC1CCCC1. The second-order valence-electron chi connectivity index (χ2n) is 4.51. The maximum atomic E-state index is 5.97. The molecule has 1 aromatic rings. The minimum absolute atomic E-state index is 0.454. The summed E-state index contributed by atoms with van der Waals surface area (Å²) in [5, 5.41) is 0.702. The van der Waals surface area contributed by atoms with Gasteiger partial charge in [0.1, 0.15) is 5.75 Å². The van der Waals surface area contributed by atoms with Crippen molar-refractivity contribution in [2.75, 3.05) is 7.11 Å². The van der Waals surface area contributed by atoms with Crippen LogP contribution in [-0.4, -0.2) is 18.3 Å². The van der Waals surface area contributed by atoms with Gasteiger partial charge in [-0.25, -0.2) is 0 Å². The number of hydrogen-bond acceptors (Lipinski definition) is 3. The van der Waals surface area contributed by atoms with E-state index in [0.717, 1.165) is 17.1 Å². The molecule has 1 saturated carbocycles. The summed E-state index contributed by atoms with van der Waals surface area (Å²) in [5.74, 6) is 1.73. The predicted molar refractivity (Wildman–Crippen MR) is 78.2 cm³/mol. The summed E-state index contributed by atoms with van der Waals surface area (Å²) in [7, 11) is 1.69. The molecule has 0 amide bonds. The van der Waals surface area contributed by atoms with Crippen molar-refractivity contribution in [1.29, 1.82) is 0 Å². The predicted octanol–water partition coefficient (Wildman–Crippen LogP) is 3.19. The number of benzene rings is 1. The van der Waals surface area contributed by atoms with Crippen LogP contribution in [0.1, 0.15) is 31.2 Å². The molecular weight excluding hydrogens is 244 g/mol. The smallest absolute Gasteiger partial charge is 0.154 e. The van der Waals surface area contributed by atoms with Crippen molar-refractivity contribution in [3.05, 3.63) is 29.8 Å². The van der Waals surface area contributed by atoms with E-state index in [0.29, 0.717) is 11.2 Å². The normalized spacial score (nSPS) is 17.1. The number of nitrogens with zero attached hydrogens (tertiary/aromatic N) is 1. The van der Waals surface area contributed by atoms with E-state index in [-0.39, 0.29) is 0 Å². The van der Waals surface area contributed by atoms with Gasteiger partial charge >= 0.3 is 0 Å². The second-order valence-corrected chi connectivity index (χ2v) is 5.50. The Balaban J connectivity index is 1.90. The van der Waals surface area contributed by atoms with Crippen LogP contribution in [0.25, 0.3) is 0 Å². The number of hydrogen-bond donors (Lipinski definition) is 1. The second kappa shape index (κ2) is 6.69. The summed E-state index contributed by atoms with van der Waals surface area (Å²) in [6.07, 6.45) is 4.96. The highest BCUT2D eigenvalue weighted by atomic mass is 32.2. The zero-order valence-electron chi connectivity index (χ0n) is 10.8. The number of rotatable bonds is 4. The van der Waals surface area contributed by atoms with Crippen molar-refractivity contribution < 1.29 is 4.74 Å². The molecule has 98 valence electrons. The van der Waals surface area contributed by atoms with Crippen molar-refractivity contribution in [3.63, 3.8) is 0 Å². The number of ether oxygens (including phenoxy) is 1. The molecule has 0 unspecified atom stereocenters. The minimum atomic E-state index is 0.454. The van der Waals surface area contributed by atoms with Gasteiger partial charge in [0.2, 0.25) is 0 Å². The summed E-state index contributed by atoms with van der Waals surface area (Å²) in [6, 6.07) is 8.48. The molecule has 0 spiro atoms. The first-order valence-electron chi connectivity index (χ1n) is 6.37. The van der Waals surface area contributed by atoms with E-state index in [9.17, 15) is 0 Å². The molecule has 0 heterocycles. The first-order chi connectivity index (χ1) is 8.79. The summed E-state index contributed by atoms with van der Waals surface area (Å²) in [5.41, 5.74) is 7.13. The highest BCUT2D eigenvalue weighted by Gasteiger charge is 2.14. The highest BCUT2D eigenvalue weighted by molar-refractivity contribution is 8.13. The summed E-state index contributed by atoms with van der Waals surface area (Å²) in [6.45, 7) is 0. The third-order valence-electron chi connectivity index (χ3n) is 3.20. The first kappa shape index (κ1) is 13.3. The molecule has 0 aliphatic heterocycles. The number of amidine groups is 1. The fourth-order valence-corrected chi connectivity index (χ4v) is 2.99. The Labute approximate surface area is 113 Å². The molecule has 0 aromatic heterocycles. The Bertz CT molecular complexity index is 414. The molecule has 1 aromatic carbocycles. The van der Waals surface area contributed by atoms with Crippen LogP contribution in [0, 0.1) is 0 Å².